The highest BCUT2D eigenvalue weighted by molar-refractivity contribution is 9.10. The molecule has 0 bridgehead atoms. The highest BCUT2D eigenvalue weighted by Gasteiger charge is 2.09. The molecule has 0 aliphatic carbocycles. The quantitative estimate of drug-likeness (QED) is 0.873. The zero-order valence-corrected chi connectivity index (χ0v) is 12.8. The average molecular weight is 357 g/mol. The van der Waals surface area contributed by atoms with Crippen LogP contribution in [0.4, 0.5) is 4.39 Å². The standard InChI is InChI=1S/C15H12BrClFNO/c16-14-9-12(18)5-6-13(14)15(20)19-8-7-10-1-3-11(17)4-2-10/h1-6,9H,7-8H2,(H,19,20). The smallest absolute Gasteiger partial charge is 0.252 e. The van der Waals surface area contributed by atoms with Crippen molar-refractivity contribution in [3.8, 4) is 0 Å². The highest BCUT2D eigenvalue weighted by atomic mass is 79.9. The van der Waals surface area contributed by atoms with Gasteiger partial charge in [-0.15, -0.1) is 0 Å². The van der Waals surface area contributed by atoms with E-state index < -0.39 is 0 Å². The maximum atomic E-state index is 12.9. The molecule has 2 rings (SSSR count). The monoisotopic (exact) mass is 355 g/mol. The molecule has 0 aliphatic heterocycles. The van der Waals surface area contributed by atoms with Gasteiger partial charge in [0.15, 0.2) is 0 Å². The minimum Gasteiger partial charge on any atom is -0.352 e. The van der Waals surface area contributed by atoms with Gasteiger partial charge in [-0.25, -0.2) is 4.39 Å². The molecular formula is C15H12BrClFNO. The summed E-state index contributed by atoms with van der Waals surface area (Å²) < 4.78 is 13.4. The maximum absolute atomic E-state index is 12.9. The van der Waals surface area contributed by atoms with E-state index in [1.54, 1.807) is 0 Å². The number of rotatable bonds is 4. The molecule has 0 saturated heterocycles. The first-order valence-corrected chi connectivity index (χ1v) is 7.21. The van der Waals surface area contributed by atoms with Gasteiger partial charge in [0.05, 0.1) is 5.56 Å². The van der Waals surface area contributed by atoms with Crippen molar-refractivity contribution in [2.75, 3.05) is 6.54 Å². The first kappa shape index (κ1) is 15.0. The fraction of sp³-hybridized carbons (Fsp3) is 0.133. The van der Waals surface area contributed by atoms with Gasteiger partial charge < -0.3 is 5.32 Å². The number of amides is 1. The molecule has 0 aliphatic rings. The molecule has 0 saturated carbocycles. The van der Waals surface area contributed by atoms with Gasteiger partial charge in [0.2, 0.25) is 0 Å². The van der Waals surface area contributed by atoms with E-state index in [0.29, 0.717) is 28.0 Å². The van der Waals surface area contributed by atoms with E-state index in [-0.39, 0.29) is 11.7 Å². The molecule has 0 spiro atoms. The molecule has 0 radical (unpaired) electrons. The summed E-state index contributed by atoms with van der Waals surface area (Å²) >= 11 is 8.98. The van der Waals surface area contributed by atoms with E-state index in [9.17, 15) is 9.18 Å². The first-order chi connectivity index (χ1) is 9.56. The number of hydrogen-bond donors (Lipinski definition) is 1. The lowest BCUT2D eigenvalue weighted by molar-refractivity contribution is 0.0953. The van der Waals surface area contributed by atoms with Crippen molar-refractivity contribution in [2.24, 2.45) is 0 Å². The minimum atomic E-state index is -0.380. The molecule has 104 valence electrons. The lowest BCUT2D eigenvalue weighted by atomic mass is 10.1. The van der Waals surface area contributed by atoms with Crippen molar-refractivity contribution >= 4 is 33.4 Å². The molecule has 5 heteroatoms. The van der Waals surface area contributed by atoms with Crippen LogP contribution in [-0.2, 0) is 6.42 Å². The summed E-state index contributed by atoms with van der Waals surface area (Å²) in [6.07, 6.45) is 0.710. The second-order valence-electron chi connectivity index (χ2n) is 4.26. The molecule has 0 heterocycles. The molecule has 0 atom stereocenters. The van der Waals surface area contributed by atoms with Crippen LogP contribution in [0.1, 0.15) is 15.9 Å². The van der Waals surface area contributed by atoms with Gasteiger partial charge in [-0.2, -0.15) is 0 Å². The zero-order chi connectivity index (χ0) is 14.5. The van der Waals surface area contributed by atoms with Crippen molar-refractivity contribution in [1.29, 1.82) is 0 Å². The Morgan fingerprint density at radius 2 is 1.90 bits per heavy atom. The van der Waals surface area contributed by atoms with Crippen LogP contribution in [-0.4, -0.2) is 12.5 Å². The molecule has 1 amide bonds. The molecule has 0 unspecified atom stereocenters. The fourth-order valence-corrected chi connectivity index (χ4v) is 2.40. The molecule has 2 aromatic carbocycles. The normalized spacial score (nSPS) is 10.3. The van der Waals surface area contributed by atoms with E-state index in [1.807, 2.05) is 24.3 Å². The van der Waals surface area contributed by atoms with Crippen LogP contribution in [0.5, 0.6) is 0 Å². The predicted molar refractivity (Wildman–Crippen MR) is 81.6 cm³/mol. The van der Waals surface area contributed by atoms with Crippen LogP contribution in [0, 0.1) is 5.82 Å². The Morgan fingerprint density at radius 3 is 2.55 bits per heavy atom. The topological polar surface area (TPSA) is 29.1 Å². The van der Waals surface area contributed by atoms with Crippen LogP contribution in [0.2, 0.25) is 5.02 Å². The number of carbonyl (C=O) groups excluding carboxylic acids is 1. The van der Waals surface area contributed by atoms with E-state index in [1.165, 1.54) is 18.2 Å². The van der Waals surface area contributed by atoms with Crippen LogP contribution in [0.25, 0.3) is 0 Å². The van der Waals surface area contributed by atoms with Crippen molar-refractivity contribution in [2.45, 2.75) is 6.42 Å². The van der Waals surface area contributed by atoms with E-state index >= 15 is 0 Å². The summed E-state index contributed by atoms with van der Waals surface area (Å²) in [6, 6.07) is 11.5. The predicted octanol–water partition coefficient (Wildman–Crippen LogP) is 4.21. The van der Waals surface area contributed by atoms with Crippen LogP contribution in [0.3, 0.4) is 0 Å². The summed E-state index contributed by atoms with van der Waals surface area (Å²) in [5.74, 6) is -0.611. The van der Waals surface area contributed by atoms with Crippen molar-refractivity contribution in [3.63, 3.8) is 0 Å². The molecule has 0 aromatic heterocycles. The van der Waals surface area contributed by atoms with Gasteiger partial charge in [-0.3, -0.25) is 4.79 Å². The Kier molecular flexibility index (Phi) is 5.15. The third kappa shape index (κ3) is 4.05. The second-order valence-corrected chi connectivity index (χ2v) is 5.55. The number of nitrogens with one attached hydrogen (secondary N) is 1. The zero-order valence-electron chi connectivity index (χ0n) is 10.5. The molecule has 20 heavy (non-hydrogen) atoms. The fourth-order valence-electron chi connectivity index (χ4n) is 1.74. The summed E-state index contributed by atoms with van der Waals surface area (Å²) in [4.78, 5) is 11.9. The SMILES string of the molecule is O=C(NCCc1ccc(Cl)cc1)c1ccc(F)cc1Br. The van der Waals surface area contributed by atoms with Gasteiger partial charge in [-0.05, 0) is 58.2 Å². The molecule has 2 nitrogen and oxygen atoms in total. The van der Waals surface area contributed by atoms with Crippen LogP contribution < -0.4 is 5.32 Å². The van der Waals surface area contributed by atoms with E-state index in [4.69, 9.17) is 11.6 Å². The summed E-state index contributed by atoms with van der Waals surface area (Å²) in [6.45, 7) is 0.504. The van der Waals surface area contributed by atoms with Gasteiger partial charge in [0.1, 0.15) is 5.82 Å². The lowest BCUT2D eigenvalue weighted by Gasteiger charge is -2.07. The Balaban J connectivity index is 1.90. The van der Waals surface area contributed by atoms with Gasteiger partial charge in [-0.1, -0.05) is 23.7 Å². The van der Waals surface area contributed by atoms with Crippen molar-refractivity contribution < 1.29 is 9.18 Å². The maximum Gasteiger partial charge on any atom is 0.252 e. The number of carbonyl (C=O) groups is 1. The van der Waals surface area contributed by atoms with Crippen molar-refractivity contribution in [3.05, 3.63) is 68.9 Å². The molecular weight excluding hydrogens is 345 g/mol. The van der Waals surface area contributed by atoms with Crippen LogP contribution in [0.15, 0.2) is 46.9 Å². The molecule has 1 N–H and O–H groups in total. The minimum absolute atomic E-state index is 0.231. The number of halogens is 3. The highest BCUT2D eigenvalue weighted by Crippen LogP contribution is 2.17. The second kappa shape index (κ2) is 6.86. The Labute approximate surface area is 130 Å². The summed E-state index contributed by atoms with van der Waals surface area (Å²) in [7, 11) is 0. The Hall–Kier alpha value is -1.39. The Morgan fingerprint density at radius 1 is 1.20 bits per heavy atom. The number of benzene rings is 2. The molecule has 0 fully saturated rings. The van der Waals surface area contributed by atoms with Gasteiger partial charge in [0, 0.05) is 16.0 Å². The lowest BCUT2D eigenvalue weighted by Crippen LogP contribution is -2.26. The molecule has 2 aromatic rings. The summed E-state index contributed by atoms with van der Waals surface area (Å²) in [5, 5.41) is 3.49. The van der Waals surface area contributed by atoms with Gasteiger partial charge >= 0.3 is 0 Å². The summed E-state index contributed by atoms with van der Waals surface area (Å²) in [5.41, 5.74) is 1.51. The Bertz CT molecular complexity index is 616. The third-order valence-corrected chi connectivity index (χ3v) is 3.70. The number of hydrogen-bond acceptors (Lipinski definition) is 1. The van der Waals surface area contributed by atoms with E-state index in [2.05, 4.69) is 21.2 Å². The first-order valence-electron chi connectivity index (χ1n) is 6.04. The van der Waals surface area contributed by atoms with Gasteiger partial charge in [0.25, 0.3) is 5.91 Å². The van der Waals surface area contributed by atoms with E-state index in [0.717, 1.165) is 5.56 Å². The van der Waals surface area contributed by atoms with Crippen molar-refractivity contribution in [1.82, 2.24) is 5.32 Å². The third-order valence-electron chi connectivity index (χ3n) is 2.79. The average Bonchev–Trinajstić information content (AvgIpc) is 2.41. The van der Waals surface area contributed by atoms with Crippen LogP contribution >= 0.6 is 27.5 Å². The largest absolute Gasteiger partial charge is 0.352 e.